The van der Waals surface area contributed by atoms with Gasteiger partial charge in [-0.25, -0.2) is 0 Å². The fraction of sp³-hybridized carbons (Fsp3) is 0.929. The van der Waals surface area contributed by atoms with Gasteiger partial charge in [0.25, 0.3) is 0 Å². The summed E-state index contributed by atoms with van der Waals surface area (Å²) in [6.45, 7) is 6.97. The van der Waals surface area contributed by atoms with Gasteiger partial charge in [-0.3, -0.25) is 4.79 Å². The van der Waals surface area contributed by atoms with Gasteiger partial charge in [0.05, 0.1) is 5.41 Å². The smallest absolute Gasteiger partial charge is 0.230 e. The lowest BCUT2D eigenvalue weighted by Crippen LogP contribution is -2.49. The van der Waals surface area contributed by atoms with Crippen molar-refractivity contribution in [3.05, 3.63) is 0 Å². The molecule has 1 saturated carbocycles. The van der Waals surface area contributed by atoms with Gasteiger partial charge in [0.15, 0.2) is 0 Å². The highest BCUT2D eigenvalue weighted by molar-refractivity contribution is 5.83. The number of nitrogens with one attached hydrogen (secondary N) is 1. The van der Waals surface area contributed by atoms with Gasteiger partial charge in [0.2, 0.25) is 5.91 Å². The van der Waals surface area contributed by atoms with Crippen LogP contribution in [0.4, 0.5) is 0 Å². The van der Waals surface area contributed by atoms with Crippen LogP contribution in [0.15, 0.2) is 0 Å². The van der Waals surface area contributed by atoms with Crippen LogP contribution >= 0.6 is 0 Å². The van der Waals surface area contributed by atoms with Crippen molar-refractivity contribution in [3.63, 3.8) is 0 Å². The molecule has 1 aliphatic heterocycles. The predicted molar refractivity (Wildman–Crippen MR) is 69.9 cm³/mol. The molecular weight excluding hydrogens is 212 g/mol. The van der Waals surface area contributed by atoms with Crippen LogP contribution in [0.25, 0.3) is 0 Å². The Hall–Kier alpha value is -0.570. The van der Waals surface area contributed by atoms with E-state index < -0.39 is 0 Å². The van der Waals surface area contributed by atoms with Crippen molar-refractivity contribution in [2.75, 3.05) is 19.6 Å². The maximum absolute atomic E-state index is 12.7. The third-order valence-corrected chi connectivity index (χ3v) is 4.50. The normalized spacial score (nSPS) is 30.5. The Morgan fingerprint density at radius 2 is 2.06 bits per heavy atom. The van der Waals surface area contributed by atoms with Crippen molar-refractivity contribution >= 4 is 5.91 Å². The van der Waals surface area contributed by atoms with Crippen molar-refractivity contribution in [2.45, 2.75) is 58.4 Å². The molecule has 3 nitrogen and oxygen atoms in total. The predicted octanol–water partition coefficient (Wildman–Crippen LogP) is 2.17. The molecule has 1 atom stereocenters. The zero-order valence-corrected chi connectivity index (χ0v) is 11.3. The average Bonchev–Trinajstić information content (AvgIpc) is 2.80. The summed E-state index contributed by atoms with van der Waals surface area (Å²) in [5, 5.41) is 3.33. The van der Waals surface area contributed by atoms with Crippen LogP contribution in [0.1, 0.15) is 52.4 Å². The number of hydrogen-bond acceptors (Lipinski definition) is 2. The van der Waals surface area contributed by atoms with Crippen LogP contribution in [0.3, 0.4) is 0 Å². The molecular formula is C14H26N2O. The van der Waals surface area contributed by atoms with Gasteiger partial charge in [0.1, 0.15) is 0 Å². The second kappa shape index (κ2) is 5.38. The molecule has 0 bridgehead atoms. The van der Waals surface area contributed by atoms with Crippen molar-refractivity contribution in [3.8, 4) is 0 Å². The molecule has 1 N–H and O–H groups in total. The van der Waals surface area contributed by atoms with Gasteiger partial charge in [-0.15, -0.1) is 0 Å². The van der Waals surface area contributed by atoms with E-state index in [4.69, 9.17) is 0 Å². The van der Waals surface area contributed by atoms with E-state index in [1.807, 2.05) is 0 Å². The third kappa shape index (κ3) is 2.65. The summed E-state index contributed by atoms with van der Waals surface area (Å²) in [7, 11) is 0. The highest BCUT2D eigenvalue weighted by atomic mass is 16.2. The topological polar surface area (TPSA) is 32.3 Å². The molecule has 1 amide bonds. The van der Waals surface area contributed by atoms with Gasteiger partial charge < -0.3 is 10.2 Å². The molecule has 0 aromatic rings. The Labute approximate surface area is 105 Å². The maximum atomic E-state index is 12.7. The van der Waals surface area contributed by atoms with E-state index in [1.165, 1.54) is 32.1 Å². The van der Waals surface area contributed by atoms with E-state index in [0.29, 0.717) is 11.9 Å². The van der Waals surface area contributed by atoms with E-state index in [0.717, 1.165) is 26.1 Å². The first-order chi connectivity index (χ1) is 8.17. The van der Waals surface area contributed by atoms with Crippen LogP contribution in [-0.4, -0.2) is 36.5 Å². The molecule has 1 unspecified atom stereocenters. The van der Waals surface area contributed by atoms with E-state index in [1.54, 1.807) is 0 Å². The van der Waals surface area contributed by atoms with Crippen LogP contribution in [-0.2, 0) is 4.79 Å². The number of rotatable bonds is 3. The van der Waals surface area contributed by atoms with Gasteiger partial charge in [-0.2, -0.15) is 0 Å². The lowest BCUT2D eigenvalue weighted by molar-refractivity contribution is -0.143. The Kier molecular flexibility index (Phi) is 4.08. The first-order valence-corrected chi connectivity index (χ1v) is 7.19. The minimum Gasteiger partial charge on any atom is -0.339 e. The molecule has 0 spiro atoms. The van der Waals surface area contributed by atoms with Crippen LogP contribution in [0.2, 0.25) is 0 Å². The van der Waals surface area contributed by atoms with Gasteiger partial charge in [0, 0.05) is 19.1 Å². The molecule has 1 heterocycles. The molecule has 2 aliphatic rings. The van der Waals surface area contributed by atoms with Crippen molar-refractivity contribution in [1.82, 2.24) is 10.2 Å². The largest absolute Gasteiger partial charge is 0.339 e. The summed E-state index contributed by atoms with van der Waals surface area (Å²) >= 11 is 0. The third-order valence-electron chi connectivity index (χ3n) is 4.50. The van der Waals surface area contributed by atoms with Crippen LogP contribution in [0, 0.1) is 5.41 Å². The second-order valence-corrected chi connectivity index (χ2v) is 5.87. The molecule has 1 aliphatic carbocycles. The quantitative estimate of drug-likeness (QED) is 0.817. The molecule has 3 heteroatoms. The molecule has 98 valence electrons. The summed E-state index contributed by atoms with van der Waals surface area (Å²) in [4.78, 5) is 14.8. The number of nitrogens with zero attached hydrogens (tertiary/aromatic N) is 1. The summed E-state index contributed by atoms with van der Waals surface area (Å²) in [5.74, 6) is 0.386. The van der Waals surface area contributed by atoms with E-state index in [-0.39, 0.29) is 5.41 Å². The minimum atomic E-state index is -0.145. The van der Waals surface area contributed by atoms with Gasteiger partial charge in [-0.1, -0.05) is 19.3 Å². The highest BCUT2D eigenvalue weighted by Crippen LogP contribution is 2.31. The Morgan fingerprint density at radius 1 is 1.35 bits per heavy atom. The summed E-state index contributed by atoms with van der Waals surface area (Å²) in [6.07, 6.45) is 7.36. The minimum absolute atomic E-state index is 0.145. The lowest BCUT2D eigenvalue weighted by atomic mass is 9.86. The Morgan fingerprint density at radius 3 is 2.59 bits per heavy atom. The fourth-order valence-corrected chi connectivity index (χ4v) is 3.31. The number of carbonyl (C=O) groups excluding carboxylic acids is 1. The van der Waals surface area contributed by atoms with Crippen LogP contribution in [0.5, 0.6) is 0 Å². The van der Waals surface area contributed by atoms with Crippen molar-refractivity contribution < 1.29 is 4.79 Å². The average molecular weight is 238 g/mol. The molecule has 17 heavy (non-hydrogen) atoms. The number of amides is 1. The standard InChI is InChI=1S/C14H26N2O/c1-3-16(12-7-5-4-6-8-12)13(17)14(2)9-10-15-11-14/h12,15H,3-11H2,1-2H3. The monoisotopic (exact) mass is 238 g/mol. The highest BCUT2D eigenvalue weighted by Gasteiger charge is 2.40. The van der Waals surface area contributed by atoms with E-state index >= 15 is 0 Å². The van der Waals surface area contributed by atoms with Gasteiger partial charge in [-0.05, 0) is 39.7 Å². The van der Waals surface area contributed by atoms with Crippen molar-refractivity contribution in [1.29, 1.82) is 0 Å². The Balaban J connectivity index is 2.03. The number of carbonyl (C=O) groups is 1. The van der Waals surface area contributed by atoms with E-state index in [2.05, 4.69) is 24.1 Å². The SMILES string of the molecule is CCN(C(=O)C1(C)CCNC1)C1CCCCC1. The molecule has 2 rings (SSSR count). The number of hydrogen-bond donors (Lipinski definition) is 1. The molecule has 0 radical (unpaired) electrons. The maximum Gasteiger partial charge on any atom is 0.230 e. The second-order valence-electron chi connectivity index (χ2n) is 5.87. The summed E-state index contributed by atoms with van der Waals surface area (Å²) in [6, 6.07) is 0.513. The lowest BCUT2D eigenvalue weighted by Gasteiger charge is -2.38. The van der Waals surface area contributed by atoms with Crippen molar-refractivity contribution in [2.24, 2.45) is 5.41 Å². The first-order valence-electron chi connectivity index (χ1n) is 7.19. The van der Waals surface area contributed by atoms with E-state index in [9.17, 15) is 4.79 Å². The fourth-order valence-electron chi connectivity index (χ4n) is 3.31. The van der Waals surface area contributed by atoms with Gasteiger partial charge >= 0.3 is 0 Å². The Bertz CT molecular complexity index is 265. The first kappa shape index (κ1) is 12.9. The molecule has 0 aromatic carbocycles. The van der Waals surface area contributed by atoms with Crippen LogP contribution < -0.4 is 5.32 Å². The molecule has 2 fully saturated rings. The molecule has 1 saturated heterocycles. The zero-order chi connectivity index (χ0) is 12.3. The zero-order valence-electron chi connectivity index (χ0n) is 11.3. The summed E-state index contributed by atoms with van der Waals surface area (Å²) in [5.41, 5.74) is -0.145. The molecule has 0 aromatic heterocycles. The summed E-state index contributed by atoms with van der Waals surface area (Å²) < 4.78 is 0.